The molecule has 144 valence electrons. The molecule has 2 fully saturated rings. The molecule has 1 aromatic heterocycles. The summed E-state index contributed by atoms with van der Waals surface area (Å²) in [6.07, 6.45) is 7.19. The zero-order valence-electron chi connectivity index (χ0n) is 15.3. The zero-order valence-corrected chi connectivity index (χ0v) is 15.3. The minimum atomic E-state index is -0.313. The van der Waals surface area contributed by atoms with Gasteiger partial charge in [-0.3, -0.25) is 4.79 Å². The van der Waals surface area contributed by atoms with E-state index < -0.39 is 0 Å². The van der Waals surface area contributed by atoms with E-state index in [9.17, 15) is 9.18 Å². The quantitative estimate of drug-likeness (QED) is 0.791. The van der Waals surface area contributed by atoms with Gasteiger partial charge in [0.15, 0.2) is 12.4 Å². The van der Waals surface area contributed by atoms with Gasteiger partial charge in [-0.05, 0) is 56.4 Å². The van der Waals surface area contributed by atoms with Crippen LogP contribution in [0.3, 0.4) is 0 Å². The van der Waals surface area contributed by atoms with Crippen LogP contribution in [0, 0.1) is 11.7 Å². The Morgan fingerprint density at radius 2 is 1.89 bits per heavy atom. The van der Waals surface area contributed by atoms with E-state index in [1.165, 1.54) is 12.1 Å². The molecule has 1 atom stereocenters. The molecule has 0 radical (unpaired) electrons. The fraction of sp³-hybridized carbons (Fsp3) is 0.550. The first-order valence-electron chi connectivity index (χ1n) is 9.72. The number of hydrogen-bond acceptors (Lipinski definition) is 5. The van der Waals surface area contributed by atoms with Crippen LogP contribution in [0.5, 0.6) is 5.75 Å². The molecule has 27 heavy (non-hydrogen) atoms. The predicted molar refractivity (Wildman–Crippen MR) is 95.3 cm³/mol. The van der Waals surface area contributed by atoms with Gasteiger partial charge in [0.05, 0.1) is 6.04 Å². The number of carbonyl (C=O) groups excluding carboxylic acids is 1. The summed E-state index contributed by atoms with van der Waals surface area (Å²) in [7, 11) is 0. The van der Waals surface area contributed by atoms with Crippen molar-refractivity contribution in [2.45, 2.75) is 57.6 Å². The van der Waals surface area contributed by atoms with Crippen molar-refractivity contribution in [2.75, 3.05) is 6.54 Å². The van der Waals surface area contributed by atoms with Crippen molar-refractivity contribution in [1.82, 2.24) is 15.0 Å². The molecule has 0 spiro atoms. The Kier molecular flexibility index (Phi) is 5.36. The van der Waals surface area contributed by atoms with Crippen molar-refractivity contribution in [3.63, 3.8) is 0 Å². The number of benzene rings is 1. The molecule has 7 heteroatoms. The third-order valence-corrected chi connectivity index (χ3v) is 5.45. The summed E-state index contributed by atoms with van der Waals surface area (Å²) < 4.78 is 23.8. The molecule has 1 aliphatic heterocycles. The molecule has 1 amide bonds. The Labute approximate surface area is 157 Å². The molecule has 1 saturated heterocycles. The number of amides is 1. The summed E-state index contributed by atoms with van der Waals surface area (Å²) in [4.78, 5) is 19.3. The molecule has 2 heterocycles. The SMILES string of the molecule is O=C(C1CCCC1)N1CCCCC1c1noc(COc2ccc(F)cc2)n1. The monoisotopic (exact) mass is 373 g/mol. The van der Waals surface area contributed by atoms with Crippen molar-refractivity contribution in [3.05, 3.63) is 41.8 Å². The number of piperidine rings is 1. The molecule has 2 aliphatic rings. The minimum absolute atomic E-state index is 0.113. The van der Waals surface area contributed by atoms with Crippen LogP contribution >= 0.6 is 0 Å². The zero-order chi connectivity index (χ0) is 18.6. The van der Waals surface area contributed by atoms with E-state index in [0.29, 0.717) is 17.5 Å². The number of carbonyl (C=O) groups is 1. The summed E-state index contributed by atoms with van der Waals surface area (Å²) >= 11 is 0. The van der Waals surface area contributed by atoms with Crippen LogP contribution in [0.2, 0.25) is 0 Å². The first kappa shape index (κ1) is 17.9. The fourth-order valence-corrected chi connectivity index (χ4v) is 4.01. The number of rotatable bonds is 5. The molecule has 4 rings (SSSR count). The second kappa shape index (κ2) is 8.06. The van der Waals surface area contributed by atoms with E-state index in [2.05, 4.69) is 10.1 Å². The van der Waals surface area contributed by atoms with Crippen molar-refractivity contribution in [2.24, 2.45) is 5.92 Å². The van der Waals surface area contributed by atoms with Gasteiger partial charge in [0.1, 0.15) is 11.6 Å². The van der Waals surface area contributed by atoms with Crippen LogP contribution in [-0.2, 0) is 11.4 Å². The average molecular weight is 373 g/mol. The van der Waals surface area contributed by atoms with Gasteiger partial charge >= 0.3 is 0 Å². The van der Waals surface area contributed by atoms with Crippen LogP contribution in [0.25, 0.3) is 0 Å². The number of hydrogen-bond donors (Lipinski definition) is 0. The van der Waals surface area contributed by atoms with E-state index in [4.69, 9.17) is 9.26 Å². The number of likely N-dealkylation sites (tertiary alicyclic amines) is 1. The summed E-state index contributed by atoms with van der Waals surface area (Å²) in [5.41, 5.74) is 0. The minimum Gasteiger partial charge on any atom is -0.484 e. The largest absolute Gasteiger partial charge is 0.484 e. The van der Waals surface area contributed by atoms with E-state index in [1.807, 2.05) is 4.90 Å². The Bertz CT molecular complexity index is 771. The lowest BCUT2D eigenvalue weighted by Gasteiger charge is -2.35. The molecule has 0 bridgehead atoms. The lowest BCUT2D eigenvalue weighted by atomic mass is 9.98. The Hall–Kier alpha value is -2.44. The highest BCUT2D eigenvalue weighted by Gasteiger charge is 2.35. The van der Waals surface area contributed by atoms with Gasteiger partial charge in [-0.15, -0.1) is 0 Å². The standard InChI is InChI=1S/C20H24FN3O3/c21-15-8-10-16(11-9-15)26-13-18-22-19(23-27-18)17-7-3-4-12-24(17)20(25)14-5-1-2-6-14/h8-11,14,17H,1-7,12-13H2. The van der Waals surface area contributed by atoms with Crippen molar-refractivity contribution < 1.29 is 18.4 Å². The van der Waals surface area contributed by atoms with Crippen molar-refractivity contribution in [3.8, 4) is 5.75 Å². The van der Waals surface area contributed by atoms with Gasteiger partial charge in [0.2, 0.25) is 5.91 Å². The second-order valence-corrected chi connectivity index (χ2v) is 7.31. The van der Waals surface area contributed by atoms with Gasteiger partial charge in [0.25, 0.3) is 5.89 Å². The lowest BCUT2D eigenvalue weighted by molar-refractivity contribution is -0.139. The normalized spacial score (nSPS) is 20.8. The van der Waals surface area contributed by atoms with E-state index >= 15 is 0 Å². The number of halogens is 1. The van der Waals surface area contributed by atoms with Gasteiger partial charge in [-0.2, -0.15) is 4.98 Å². The summed E-state index contributed by atoms with van der Waals surface area (Å²) in [6.45, 7) is 0.873. The molecular formula is C20H24FN3O3. The lowest BCUT2D eigenvalue weighted by Crippen LogP contribution is -2.41. The summed E-state index contributed by atoms with van der Waals surface area (Å²) in [5, 5.41) is 4.11. The topological polar surface area (TPSA) is 68.5 Å². The molecule has 6 nitrogen and oxygen atoms in total. The molecule has 0 N–H and O–H groups in total. The van der Waals surface area contributed by atoms with Gasteiger partial charge in [-0.25, -0.2) is 4.39 Å². The first-order valence-corrected chi connectivity index (χ1v) is 9.72. The molecule has 1 aliphatic carbocycles. The van der Waals surface area contributed by atoms with Crippen LogP contribution in [0.1, 0.15) is 62.7 Å². The maximum Gasteiger partial charge on any atom is 0.264 e. The van der Waals surface area contributed by atoms with Gasteiger partial charge < -0.3 is 14.2 Å². The van der Waals surface area contributed by atoms with E-state index in [-0.39, 0.29) is 30.3 Å². The third-order valence-electron chi connectivity index (χ3n) is 5.45. The average Bonchev–Trinajstić information content (AvgIpc) is 3.39. The molecule has 1 unspecified atom stereocenters. The highest BCUT2D eigenvalue weighted by atomic mass is 19.1. The number of nitrogens with zero attached hydrogens (tertiary/aromatic N) is 3. The summed E-state index contributed by atoms with van der Waals surface area (Å²) in [6, 6.07) is 5.66. The van der Waals surface area contributed by atoms with Gasteiger partial charge in [-0.1, -0.05) is 18.0 Å². The highest BCUT2D eigenvalue weighted by molar-refractivity contribution is 5.79. The molecule has 1 saturated carbocycles. The highest BCUT2D eigenvalue weighted by Crippen LogP contribution is 2.34. The first-order chi connectivity index (χ1) is 13.2. The van der Waals surface area contributed by atoms with Crippen molar-refractivity contribution >= 4 is 5.91 Å². The number of aromatic nitrogens is 2. The summed E-state index contributed by atoms with van der Waals surface area (Å²) in [5.74, 6) is 1.52. The van der Waals surface area contributed by atoms with E-state index in [0.717, 1.165) is 51.5 Å². The molecule has 2 aromatic rings. The Morgan fingerprint density at radius 1 is 1.15 bits per heavy atom. The molecular weight excluding hydrogens is 349 g/mol. The van der Waals surface area contributed by atoms with Crippen LogP contribution in [0.15, 0.2) is 28.8 Å². The Balaban J connectivity index is 1.42. The van der Waals surface area contributed by atoms with Crippen LogP contribution < -0.4 is 4.74 Å². The third kappa shape index (κ3) is 4.12. The van der Waals surface area contributed by atoms with Gasteiger partial charge in [0, 0.05) is 12.5 Å². The van der Waals surface area contributed by atoms with Crippen LogP contribution in [0.4, 0.5) is 4.39 Å². The maximum absolute atomic E-state index is 12.9. The fourth-order valence-electron chi connectivity index (χ4n) is 4.01. The maximum atomic E-state index is 12.9. The Morgan fingerprint density at radius 3 is 2.67 bits per heavy atom. The van der Waals surface area contributed by atoms with Crippen LogP contribution in [-0.4, -0.2) is 27.5 Å². The molecule has 1 aromatic carbocycles. The van der Waals surface area contributed by atoms with E-state index in [1.54, 1.807) is 12.1 Å². The smallest absolute Gasteiger partial charge is 0.264 e. The second-order valence-electron chi connectivity index (χ2n) is 7.31. The predicted octanol–water partition coefficient (Wildman–Crippen LogP) is 4.03. The van der Waals surface area contributed by atoms with Crippen molar-refractivity contribution in [1.29, 1.82) is 0 Å². The number of ether oxygens (including phenoxy) is 1.